The van der Waals surface area contributed by atoms with E-state index < -0.39 is 15.1 Å². The molecule has 0 atom stereocenters. The van der Waals surface area contributed by atoms with Gasteiger partial charge in [-0.05, 0) is 132 Å². The standard InChI is InChI=1S/3C14H27O.Al/c3*1-3-5-9-14(10-6-4-2)11-7-13(15)8-12-14;/h3*13H,3-12H2,1-2H3;/q3*-1;+3. The van der Waals surface area contributed by atoms with E-state index in [0.29, 0.717) is 34.6 Å². The first-order valence-corrected chi connectivity index (χ1v) is 22.8. The Hall–Kier alpha value is 0.412. The quantitative estimate of drug-likeness (QED) is 0.0964. The lowest BCUT2D eigenvalue weighted by Crippen LogP contribution is -2.43. The van der Waals surface area contributed by atoms with Gasteiger partial charge in [-0.2, -0.15) is 0 Å². The zero-order valence-electron chi connectivity index (χ0n) is 32.2. The van der Waals surface area contributed by atoms with Crippen LogP contribution >= 0.6 is 0 Å². The zero-order valence-corrected chi connectivity index (χ0v) is 33.4. The molecule has 3 rings (SSSR count). The van der Waals surface area contributed by atoms with Crippen LogP contribution in [0.5, 0.6) is 0 Å². The molecule has 3 aliphatic rings. The van der Waals surface area contributed by atoms with Gasteiger partial charge in [0.15, 0.2) is 0 Å². The highest BCUT2D eigenvalue weighted by atomic mass is 27.3. The van der Waals surface area contributed by atoms with Gasteiger partial charge in [-0.3, -0.25) is 0 Å². The van der Waals surface area contributed by atoms with Crippen molar-refractivity contribution < 1.29 is 11.4 Å². The molecule has 0 unspecified atom stereocenters. The fourth-order valence-electron chi connectivity index (χ4n) is 9.77. The summed E-state index contributed by atoms with van der Waals surface area (Å²) in [6.45, 7) is 14.2. The molecule has 0 N–H and O–H groups in total. The molecule has 0 spiro atoms. The van der Waals surface area contributed by atoms with Gasteiger partial charge in [-0.15, -0.1) is 0 Å². The first kappa shape index (κ1) is 40.8. The largest absolute Gasteiger partial charge is 0.906 e. The highest BCUT2D eigenvalue weighted by Crippen LogP contribution is 2.48. The van der Waals surface area contributed by atoms with Crippen molar-refractivity contribution >= 4 is 15.1 Å². The molecular formula is C42H81AlO3. The second-order valence-corrected chi connectivity index (χ2v) is 18.3. The number of hydrogen-bond donors (Lipinski definition) is 0. The van der Waals surface area contributed by atoms with E-state index in [1.807, 2.05) is 0 Å². The summed E-state index contributed by atoms with van der Waals surface area (Å²) in [5, 5.41) is 0. The van der Waals surface area contributed by atoms with Crippen LogP contribution < -0.4 is 0 Å². The van der Waals surface area contributed by atoms with Crippen LogP contribution in [0, 0.1) is 16.2 Å². The third-order valence-corrected chi connectivity index (χ3v) is 15.1. The van der Waals surface area contributed by atoms with Gasteiger partial charge in [0.2, 0.25) is 0 Å². The Morgan fingerprint density at radius 2 is 0.565 bits per heavy atom. The molecule has 0 bridgehead atoms. The summed E-state index contributed by atoms with van der Waals surface area (Å²) >= 11 is -2.22. The van der Waals surface area contributed by atoms with Crippen LogP contribution in [0.15, 0.2) is 0 Å². The van der Waals surface area contributed by atoms with Crippen LogP contribution in [0.3, 0.4) is 0 Å². The fourth-order valence-corrected chi connectivity index (χ4v) is 11.7. The smallest absolute Gasteiger partial charge is 0.452 e. The second kappa shape index (κ2) is 22.3. The minimum absolute atomic E-state index is 0.349. The Morgan fingerprint density at radius 3 is 0.739 bits per heavy atom. The third-order valence-electron chi connectivity index (χ3n) is 13.3. The van der Waals surface area contributed by atoms with Crippen LogP contribution in [0.4, 0.5) is 0 Å². The Labute approximate surface area is 294 Å². The van der Waals surface area contributed by atoms with Crippen LogP contribution in [-0.4, -0.2) is 33.5 Å². The van der Waals surface area contributed by atoms with Gasteiger partial charge in [0.05, 0.1) is 0 Å². The van der Waals surface area contributed by atoms with E-state index in [1.54, 1.807) is 0 Å². The van der Waals surface area contributed by atoms with Crippen molar-refractivity contribution in [1.29, 1.82) is 0 Å². The average molecular weight is 661 g/mol. The molecule has 0 aliphatic heterocycles. The molecule has 4 heteroatoms. The minimum atomic E-state index is -2.22. The molecule has 0 amide bonds. The number of rotatable bonds is 24. The van der Waals surface area contributed by atoms with E-state index in [4.69, 9.17) is 11.4 Å². The Balaban J connectivity index is 1.64. The second-order valence-electron chi connectivity index (χ2n) is 16.9. The first-order valence-electron chi connectivity index (χ1n) is 21.3. The predicted molar refractivity (Wildman–Crippen MR) is 200 cm³/mol. The van der Waals surface area contributed by atoms with Gasteiger partial charge in [-0.1, -0.05) is 119 Å². The van der Waals surface area contributed by atoms with E-state index in [2.05, 4.69) is 41.5 Å². The highest BCUT2D eigenvalue weighted by Gasteiger charge is 2.45. The number of unbranched alkanes of at least 4 members (excludes halogenated alkanes) is 6. The molecule has 0 radical (unpaired) electrons. The lowest BCUT2D eigenvalue weighted by atomic mass is 9.67. The maximum Gasteiger partial charge on any atom is 0.906 e. The summed E-state index contributed by atoms with van der Waals surface area (Å²) in [5.41, 5.74) is 1.70. The van der Waals surface area contributed by atoms with Gasteiger partial charge in [0.25, 0.3) is 0 Å². The van der Waals surface area contributed by atoms with Gasteiger partial charge < -0.3 is 11.4 Å². The van der Waals surface area contributed by atoms with Gasteiger partial charge in [0, 0.05) is 18.3 Å². The molecule has 3 aliphatic carbocycles. The summed E-state index contributed by atoms with van der Waals surface area (Å²) in [6.07, 6.45) is 41.2. The first-order chi connectivity index (χ1) is 22.4. The lowest BCUT2D eigenvalue weighted by molar-refractivity contribution is -0.0457. The van der Waals surface area contributed by atoms with Crippen molar-refractivity contribution in [3.63, 3.8) is 0 Å². The van der Waals surface area contributed by atoms with Crippen molar-refractivity contribution in [3.05, 3.63) is 0 Å². The predicted octanol–water partition coefficient (Wildman–Crippen LogP) is 13.9. The van der Waals surface area contributed by atoms with Crippen molar-refractivity contribution in [2.45, 2.75) is 252 Å². The summed E-state index contributed by atoms with van der Waals surface area (Å²) in [4.78, 5) is 0. The fraction of sp³-hybridized carbons (Fsp3) is 1.00. The van der Waals surface area contributed by atoms with Gasteiger partial charge in [0.1, 0.15) is 0 Å². The maximum atomic E-state index is 7.06. The highest BCUT2D eigenvalue weighted by molar-refractivity contribution is 6.36. The van der Waals surface area contributed by atoms with Gasteiger partial charge >= 0.3 is 15.1 Å². The third kappa shape index (κ3) is 13.6. The Morgan fingerprint density at radius 1 is 0.370 bits per heavy atom. The molecule has 0 saturated heterocycles. The summed E-state index contributed by atoms with van der Waals surface area (Å²) in [5.74, 6) is 0. The molecule has 0 aromatic carbocycles. The van der Waals surface area contributed by atoms with Crippen molar-refractivity contribution in [2.75, 3.05) is 0 Å². The summed E-state index contributed by atoms with van der Waals surface area (Å²) in [6, 6.07) is 0. The Kier molecular flexibility index (Phi) is 19.8. The molecule has 0 aromatic rings. The van der Waals surface area contributed by atoms with E-state index >= 15 is 0 Å². The SMILES string of the molecule is CCCCC1(CCCC)CCC([O][Al]([O]C2CCC(CCCC)(CCCC)CC2)[O]C2CCC(CCCC)(CCCC)CC2)CC1. The van der Waals surface area contributed by atoms with Gasteiger partial charge in [-0.25, -0.2) is 0 Å². The van der Waals surface area contributed by atoms with Crippen LogP contribution in [0.25, 0.3) is 0 Å². The minimum Gasteiger partial charge on any atom is -0.452 e. The topological polar surface area (TPSA) is 27.7 Å². The molecule has 0 aromatic heterocycles. The average Bonchev–Trinajstić information content (AvgIpc) is 3.09. The van der Waals surface area contributed by atoms with Crippen molar-refractivity contribution in [2.24, 2.45) is 16.2 Å². The molecular weight excluding hydrogens is 579 g/mol. The van der Waals surface area contributed by atoms with Crippen LogP contribution in [0.1, 0.15) is 234 Å². The normalized spacial score (nSPS) is 22.3. The molecule has 3 fully saturated rings. The number of hydrogen-bond acceptors (Lipinski definition) is 3. The molecule has 0 heterocycles. The summed E-state index contributed by atoms with van der Waals surface area (Å²) < 4.78 is 21.2. The van der Waals surface area contributed by atoms with E-state index in [1.165, 1.54) is 193 Å². The van der Waals surface area contributed by atoms with Crippen molar-refractivity contribution in [3.8, 4) is 0 Å². The van der Waals surface area contributed by atoms with Crippen LogP contribution in [-0.2, 0) is 11.4 Å². The molecule has 46 heavy (non-hydrogen) atoms. The Bertz CT molecular complexity index is 616. The molecule has 3 nitrogen and oxygen atoms in total. The van der Waals surface area contributed by atoms with E-state index in [0.717, 1.165) is 0 Å². The van der Waals surface area contributed by atoms with E-state index in [9.17, 15) is 0 Å². The van der Waals surface area contributed by atoms with Crippen LogP contribution in [0.2, 0.25) is 0 Å². The lowest BCUT2D eigenvalue weighted by Gasteiger charge is -2.44. The van der Waals surface area contributed by atoms with E-state index in [-0.39, 0.29) is 0 Å². The molecule has 270 valence electrons. The molecule has 3 saturated carbocycles. The zero-order chi connectivity index (χ0) is 33.1. The summed E-state index contributed by atoms with van der Waals surface area (Å²) in [7, 11) is 0. The van der Waals surface area contributed by atoms with Crippen molar-refractivity contribution in [1.82, 2.24) is 0 Å². The maximum absolute atomic E-state index is 7.06. The monoisotopic (exact) mass is 661 g/mol.